The van der Waals surface area contributed by atoms with E-state index in [0.717, 1.165) is 0 Å². The van der Waals surface area contributed by atoms with Gasteiger partial charge in [-0.15, -0.1) is 0 Å². The molecule has 1 aliphatic heterocycles. The molecule has 1 unspecified atom stereocenters. The number of hydrogen-bond donors (Lipinski definition) is 1. The molecule has 5 atom stereocenters. The highest BCUT2D eigenvalue weighted by molar-refractivity contribution is 6.35. The zero-order chi connectivity index (χ0) is 26.0. The maximum atomic E-state index is 12.1. The molecule has 1 fully saturated rings. The molecule has 0 saturated carbocycles. The molecule has 0 amide bonds. The van der Waals surface area contributed by atoms with E-state index < -0.39 is 48.6 Å². The molecule has 36 heavy (non-hydrogen) atoms. The van der Waals surface area contributed by atoms with E-state index in [1.54, 1.807) is 41.1 Å². The van der Waals surface area contributed by atoms with Crippen molar-refractivity contribution in [3.63, 3.8) is 0 Å². The average Bonchev–Trinajstić information content (AvgIpc) is 3.21. The van der Waals surface area contributed by atoms with E-state index in [-0.39, 0.29) is 6.61 Å². The Morgan fingerprint density at radius 3 is 2.22 bits per heavy atom. The molecule has 1 aromatic heterocycles. The topological polar surface area (TPSA) is 113 Å². The van der Waals surface area contributed by atoms with Gasteiger partial charge in [0.25, 0.3) is 0 Å². The first-order valence-electron chi connectivity index (χ1n) is 11.3. The zero-order valence-electron chi connectivity index (χ0n) is 19.9. The molecule has 1 aliphatic rings. The number of benzene rings is 2. The van der Waals surface area contributed by atoms with Crippen LogP contribution in [0, 0.1) is 0 Å². The van der Waals surface area contributed by atoms with E-state index in [1.165, 1.54) is 20.8 Å². The normalized spacial score (nSPS) is 22.6. The van der Waals surface area contributed by atoms with Crippen LogP contribution in [0.5, 0.6) is 0 Å². The lowest BCUT2D eigenvalue weighted by Gasteiger charge is -2.41. The number of aliphatic hydroxyl groups is 1. The van der Waals surface area contributed by atoms with Crippen LogP contribution in [0.3, 0.4) is 0 Å². The van der Waals surface area contributed by atoms with Crippen LogP contribution in [0.15, 0.2) is 54.7 Å². The fourth-order valence-corrected chi connectivity index (χ4v) is 4.77. The number of aliphatic hydroxyl groups excluding tert-OH is 1. The van der Waals surface area contributed by atoms with Crippen LogP contribution >= 0.6 is 11.6 Å². The number of carbonyl (C=O) groups is 3. The lowest BCUT2D eigenvalue weighted by molar-refractivity contribution is -0.239. The third-order valence-electron chi connectivity index (χ3n) is 5.84. The predicted octanol–water partition coefficient (Wildman–Crippen LogP) is 3.70. The van der Waals surface area contributed by atoms with Gasteiger partial charge in [0.2, 0.25) is 0 Å². The van der Waals surface area contributed by atoms with Crippen LogP contribution in [0.1, 0.15) is 44.2 Å². The second-order valence-corrected chi connectivity index (χ2v) is 8.87. The van der Waals surface area contributed by atoms with Crippen LogP contribution < -0.4 is 0 Å². The summed E-state index contributed by atoms with van der Waals surface area (Å²) in [5, 5.41) is 12.2. The second kappa shape index (κ2) is 10.7. The Labute approximate surface area is 212 Å². The number of fused-ring (bicyclic) bond motifs is 1. The van der Waals surface area contributed by atoms with Crippen molar-refractivity contribution in [2.45, 2.75) is 51.4 Å². The highest BCUT2D eigenvalue weighted by atomic mass is 35.5. The fraction of sp³-hybridized carbons (Fsp3) is 0.346. The van der Waals surface area contributed by atoms with E-state index in [2.05, 4.69) is 0 Å². The van der Waals surface area contributed by atoms with Crippen molar-refractivity contribution in [3.05, 3.63) is 70.9 Å². The van der Waals surface area contributed by atoms with Gasteiger partial charge in [0, 0.05) is 37.9 Å². The molecule has 2 aromatic carbocycles. The van der Waals surface area contributed by atoms with Gasteiger partial charge in [-0.3, -0.25) is 14.4 Å². The van der Waals surface area contributed by atoms with Crippen molar-refractivity contribution in [1.82, 2.24) is 4.57 Å². The predicted molar refractivity (Wildman–Crippen MR) is 129 cm³/mol. The van der Waals surface area contributed by atoms with Gasteiger partial charge >= 0.3 is 17.9 Å². The van der Waals surface area contributed by atoms with Crippen molar-refractivity contribution in [2.75, 3.05) is 6.61 Å². The third kappa shape index (κ3) is 5.23. The number of esters is 3. The van der Waals surface area contributed by atoms with Gasteiger partial charge < -0.3 is 28.6 Å². The zero-order valence-corrected chi connectivity index (χ0v) is 20.7. The first-order valence-corrected chi connectivity index (χ1v) is 11.7. The molecular formula is C26H26ClNO8. The van der Waals surface area contributed by atoms with Gasteiger partial charge in [-0.2, -0.15) is 0 Å². The summed E-state index contributed by atoms with van der Waals surface area (Å²) in [6.45, 7) is 3.51. The van der Waals surface area contributed by atoms with Gasteiger partial charge in [0.05, 0.1) is 17.1 Å². The molecule has 0 aliphatic carbocycles. The minimum Gasteiger partial charge on any atom is -0.456 e. The van der Waals surface area contributed by atoms with Gasteiger partial charge in [-0.25, -0.2) is 0 Å². The van der Waals surface area contributed by atoms with Gasteiger partial charge in [0.1, 0.15) is 6.10 Å². The molecule has 2 heterocycles. The largest absolute Gasteiger partial charge is 0.456 e. The Bertz CT molecular complexity index is 1270. The number of rotatable bonds is 6. The van der Waals surface area contributed by atoms with Crippen LogP contribution in [0.4, 0.5) is 0 Å². The van der Waals surface area contributed by atoms with Crippen molar-refractivity contribution in [2.24, 2.45) is 0 Å². The number of nitrogens with zero attached hydrogens (tertiary/aromatic N) is 1. The summed E-state index contributed by atoms with van der Waals surface area (Å²) in [4.78, 5) is 35.7. The molecule has 3 aromatic rings. The number of ether oxygens (including phenoxy) is 4. The molecule has 9 nitrogen and oxygen atoms in total. The minimum atomic E-state index is -1.17. The van der Waals surface area contributed by atoms with Crippen molar-refractivity contribution in [1.29, 1.82) is 0 Å². The van der Waals surface area contributed by atoms with Crippen molar-refractivity contribution < 1.29 is 38.4 Å². The summed E-state index contributed by atoms with van der Waals surface area (Å²) >= 11 is 6.57. The fourth-order valence-electron chi connectivity index (χ4n) is 4.49. The number of hydrogen-bond acceptors (Lipinski definition) is 8. The lowest BCUT2D eigenvalue weighted by atomic mass is 10.0. The Balaban J connectivity index is 1.84. The number of carbonyl (C=O) groups excluding carboxylic acids is 3. The lowest BCUT2D eigenvalue weighted by Crippen LogP contribution is -2.55. The molecule has 190 valence electrons. The maximum absolute atomic E-state index is 12.1. The molecule has 1 N–H and O–H groups in total. The van der Waals surface area contributed by atoms with Crippen molar-refractivity contribution >= 4 is 40.4 Å². The Hall–Kier alpha value is -3.40. The molecule has 0 bridgehead atoms. The molecule has 0 spiro atoms. The summed E-state index contributed by atoms with van der Waals surface area (Å²) in [5.74, 6) is -1.89. The van der Waals surface area contributed by atoms with Gasteiger partial charge in [0.15, 0.2) is 24.5 Å². The summed E-state index contributed by atoms with van der Waals surface area (Å²) in [5.41, 5.74) is 1.77. The number of aromatic nitrogens is 1. The van der Waals surface area contributed by atoms with E-state index in [1.807, 2.05) is 18.2 Å². The second-order valence-electron chi connectivity index (χ2n) is 8.46. The van der Waals surface area contributed by atoms with E-state index >= 15 is 0 Å². The molecule has 1 saturated heterocycles. The first-order chi connectivity index (χ1) is 17.2. The molecular weight excluding hydrogens is 490 g/mol. The Morgan fingerprint density at radius 2 is 1.58 bits per heavy atom. The highest BCUT2D eigenvalue weighted by Crippen LogP contribution is 2.39. The first kappa shape index (κ1) is 25.7. The molecule has 0 radical (unpaired) electrons. The van der Waals surface area contributed by atoms with Crippen LogP contribution in [0.2, 0.25) is 5.02 Å². The van der Waals surface area contributed by atoms with E-state index in [4.69, 9.17) is 30.5 Å². The Morgan fingerprint density at radius 1 is 0.944 bits per heavy atom. The summed E-state index contributed by atoms with van der Waals surface area (Å²) in [6, 6.07) is 14.3. The summed E-state index contributed by atoms with van der Waals surface area (Å²) in [7, 11) is 0. The molecule has 4 rings (SSSR count). The summed E-state index contributed by atoms with van der Waals surface area (Å²) < 4.78 is 24.1. The average molecular weight is 516 g/mol. The monoisotopic (exact) mass is 515 g/mol. The smallest absolute Gasteiger partial charge is 0.303 e. The quantitative estimate of drug-likeness (QED) is 0.390. The van der Waals surface area contributed by atoms with Crippen LogP contribution in [-0.4, -0.2) is 52.5 Å². The number of halogens is 1. The standard InChI is InChI=1S/C26H26ClNO8/c1-14(29)34-21-13-33-26(25(36-16(3)31)24(21)35-15(2)30)28-12-18(22-19(27)10-7-11-20(22)28)23(32)17-8-5-4-6-9-17/h4-12,21,23-26,32H,13H2,1-3H3/t21-,23?,24+,25-,26-/m1/s1. The van der Waals surface area contributed by atoms with E-state index in [9.17, 15) is 19.5 Å². The highest BCUT2D eigenvalue weighted by Gasteiger charge is 2.48. The SMILES string of the molecule is CC(=O)O[C@@H]1[C@@H](OC(C)=O)[C@H](OC(C)=O)CO[C@H]1n1cc(C(O)c2ccccc2)c2c(Cl)cccc21. The van der Waals surface area contributed by atoms with Crippen LogP contribution in [0.25, 0.3) is 10.9 Å². The van der Waals surface area contributed by atoms with Crippen LogP contribution in [-0.2, 0) is 33.3 Å². The Kier molecular flexibility index (Phi) is 7.63. The maximum Gasteiger partial charge on any atom is 0.303 e. The third-order valence-corrected chi connectivity index (χ3v) is 6.16. The molecule has 10 heteroatoms. The van der Waals surface area contributed by atoms with Crippen molar-refractivity contribution in [3.8, 4) is 0 Å². The van der Waals surface area contributed by atoms with E-state index in [0.29, 0.717) is 27.1 Å². The van der Waals surface area contributed by atoms with Gasteiger partial charge in [-0.05, 0) is 17.7 Å². The summed E-state index contributed by atoms with van der Waals surface area (Å²) in [6.07, 6.45) is -3.61. The van der Waals surface area contributed by atoms with Gasteiger partial charge in [-0.1, -0.05) is 48.0 Å². The minimum absolute atomic E-state index is 0.128.